The summed E-state index contributed by atoms with van der Waals surface area (Å²) in [4.78, 5) is 19.3. The van der Waals surface area contributed by atoms with Crippen molar-refractivity contribution in [1.29, 1.82) is 0 Å². The molecular weight excluding hydrogens is 634 g/mol. The fourth-order valence-corrected chi connectivity index (χ4v) is 4.01. The molecule has 39 heavy (non-hydrogen) atoms. The summed E-state index contributed by atoms with van der Waals surface area (Å²) in [6.07, 6.45) is 6.85. The van der Waals surface area contributed by atoms with Gasteiger partial charge in [0.25, 0.3) is 11.9 Å². The summed E-state index contributed by atoms with van der Waals surface area (Å²) >= 11 is 6.79. The summed E-state index contributed by atoms with van der Waals surface area (Å²) in [5.74, 6) is 2.87. The van der Waals surface area contributed by atoms with Crippen LogP contribution in [0.4, 0.5) is 23.3 Å². The minimum Gasteiger partial charge on any atom is -0.383 e. The van der Waals surface area contributed by atoms with Crippen molar-refractivity contribution in [1.82, 2.24) is 44.4 Å². The van der Waals surface area contributed by atoms with E-state index in [-0.39, 0.29) is 12.1 Å². The highest BCUT2D eigenvalue weighted by molar-refractivity contribution is 9.11. The van der Waals surface area contributed by atoms with Gasteiger partial charge in [-0.3, -0.25) is 0 Å². The van der Waals surface area contributed by atoms with E-state index >= 15 is 0 Å². The first kappa shape index (κ1) is 30.2. The van der Waals surface area contributed by atoms with E-state index in [9.17, 15) is 0 Å². The highest BCUT2D eigenvalue weighted by Gasteiger charge is 2.15. The van der Waals surface area contributed by atoms with Gasteiger partial charge in [-0.1, -0.05) is 0 Å². The molecule has 0 saturated heterocycles. The Morgan fingerprint density at radius 1 is 0.846 bits per heavy atom. The van der Waals surface area contributed by atoms with Crippen LogP contribution >= 0.6 is 31.9 Å². The topological polar surface area (TPSA) is 176 Å². The largest absolute Gasteiger partial charge is 0.383 e. The van der Waals surface area contributed by atoms with Crippen LogP contribution in [0.3, 0.4) is 0 Å². The molecule has 0 aromatic carbocycles. The van der Waals surface area contributed by atoms with Crippen LogP contribution in [-0.4, -0.2) is 90.8 Å². The minimum absolute atomic E-state index is 0.0982. The van der Waals surface area contributed by atoms with Crippen LogP contribution < -0.4 is 22.1 Å². The first-order chi connectivity index (χ1) is 18.6. The molecule has 4 rings (SSSR count). The highest BCUT2D eigenvalue weighted by atomic mass is 79.9. The predicted octanol–water partition coefficient (Wildman–Crippen LogP) is 2.82. The maximum Gasteiger partial charge on any atom is 0.254 e. The molecule has 0 fully saturated rings. The molecule has 4 aromatic heterocycles. The third kappa shape index (κ3) is 8.58. The maximum atomic E-state index is 5.92. The van der Waals surface area contributed by atoms with Gasteiger partial charge in [0.2, 0.25) is 0 Å². The zero-order valence-corrected chi connectivity index (χ0v) is 25.5. The summed E-state index contributed by atoms with van der Waals surface area (Å²) in [5, 5.41) is 14.7. The van der Waals surface area contributed by atoms with Crippen LogP contribution in [-0.2, 0) is 4.74 Å². The summed E-state index contributed by atoms with van der Waals surface area (Å²) in [6, 6.07) is 3.92. The second kappa shape index (κ2) is 14.2. The standard InChI is InChI=1S/C12H18BrN7.C11H15BrN6O/c1-8(7-19(2)3)16-11-9(13)10(14)17-12(18-11)20-6-4-5-15-20;1-7(6-19-2)15-10-8(12)9(13)16-11(17-10)18-5-3-4-14-18/h4-6,8H,7H2,1-3H3,(H3,14,16,17,18);3-5,7H,6H2,1-2H3,(H3,13,15,16,17). The summed E-state index contributed by atoms with van der Waals surface area (Å²) in [7, 11) is 5.70. The summed E-state index contributed by atoms with van der Waals surface area (Å²) in [6.45, 7) is 5.51. The number of hydrogen-bond donors (Lipinski definition) is 4. The lowest BCUT2D eigenvalue weighted by molar-refractivity contribution is 0.190. The molecule has 14 nitrogen and oxygen atoms in total. The van der Waals surface area contributed by atoms with E-state index in [4.69, 9.17) is 16.2 Å². The number of ether oxygens (including phenoxy) is 1. The smallest absolute Gasteiger partial charge is 0.254 e. The summed E-state index contributed by atoms with van der Waals surface area (Å²) < 4.78 is 9.50. The number of nitrogens with zero attached hydrogens (tertiary/aromatic N) is 9. The Morgan fingerprint density at radius 2 is 1.31 bits per heavy atom. The monoisotopic (exact) mass is 665 g/mol. The Kier molecular flexibility index (Phi) is 11.0. The molecule has 2 atom stereocenters. The Bertz CT molecular complexity index is 1320. The van der Waals surface area contributed by atoms with Crippen molar-refractivity contribution >= 4 is 55.1 Å². The van der Waals surface area contributed by atoms with Gasteiger partial charge in [-0.2, -0.15) is 30.1 Å². The van der Waals surface area contributed by atoms with Crippen molar-refractivity contribution in [2.45, 2.75) is 25.9 Å². The van der Waals surface area contributed by atoms with Gasteiger partial charge in [-0.05, 0) is 71.9 Å². The molecule has 4 heterocycles. The SMILES string of the molecule is CC(CN(C)C)Nc1nc(-n2cccn2)nc(N)c1Br.COCC(C)Nc1nc(-n2cccn2)nc(N)c1Br. The minimum atomic E-state index is 0.0982. The average Bonchev–Trinajstić information content (AvgIpc) is 3.59. The Hall–Kier alpha value is -3.34. The molecule has 0 radical (unpaired) electrons. The van der Waals surface area contributed by atoms with Crippen molar-refractivity contribution in [3.63, 3.8) is 0 Å². The van der Waals surface area contributed by atoms with Crippen LogP contribution in [0.5, 0.6) is 0 Å². The van der Waals surface area contributed by atoms with Crippen molar-refractivity contribution in [2.24, 2.45) is 0 Å². The van der Waals surface area contributed by atoms with Gasteiger partial charge in [0.05, 0.1) is 6.61 Å². The number of likely N-dealkylation sites (N-methyl/N-ethyl adjacent to an activating group) is 1. The molecule has 0 aliphatic carbocycles. The Labute approximate surface area is 243 Å². The predicted molar refractivity (Wildman–Crippen MR) is 159 cm³/mol. The lowest BCUT2D eigenvalue weighted by Crippen LogP contribution is -2.30. The quantitative estimate of drug-likeness (QED) is 0.195. The molecule has 2 unspecified atom stereocenters. The van der Waals surface area contributed by atoms with Crippen LogP contribution in [0.2, 0.25) is 0 Å². The molecule has 210 valence electrons. The fraction of sp³-hybridized carbons (Fsp3) is 0.391. The number of nitrogen functional groups attached to an aromatic ring is 2. The third-order valence-electron chi connectivity index (χ3n) is 4.97. The van der Waals surface area contributed by atoms with E-state index in [1.165, 1.54) is 0 Å². The van der Waals surface area contributed by atoms with Gasteiger partial charge in [0.15, 0.2) is 0 Å². The molecule has 0 saturated carbocycles. The molecule has 16 heteroatoms. The van der Waals surface area contributed by atoms with Gasteiger partial charge in [-0.25, -0.2) is 9.36 Å². The number of anilines is 4. The third-order valence-corrected chi connectivity index (χ3v) is 6.53. The molecule has 0 bridgehead atoms. The first-order valence-electron chi connectivity index (χ1n) is 11.9. The number of hydrogen-bond acceptors (Lipinski definition) is 12. The second-order valence-electron chi connectivity index (χ2n) is 8.85. The zero-order chi connectivity index (χ0) is 28.5. The van der Waals surface area contributed by atoms with Gasteiger partial charge in [0.1, 0.15) is 32.2 Å². The summed E-state index contributed by atoms with van der Waals surface area (Å²) in [5.41, 5.74) is 11.8. The average molecular weight is 667 g/mol. The molecule has 0 amide bonds. The fourth-order valence-electron chi connectivity index (χ4n) is 3.43. The molecule has 0 aliphatic rings. The number of methoxy groups -OCH3 is 1. The second-order valence-corrected chi connectivity index (χ2v) is 10.4. The number of rotatable bonds is 10. The van der Waals surface area contributed by atoms with Crippen LogP contribution in [0.25, 0.3) is 11.9 Å². The number of nitrogens with one attached hydrogen (secondary N) is 2. The number of aromatic nitrogens is 8. The van der Waals surface area contributed by atoms with Crippen LogP contribution in [0, 0.1) is 0 Å². The Balaban J connectivity index is 0.000000216. The van der Waals surface area contributed by atoms with Gasteiger partial charge in [-0.15, -0.1) is 0 Å². The first-order valence-corrected chi connectivity index (χ1v) is 13.5. The van der Waals surface area contributed by atoms with Gasteiger partial charge < -0.3 is 31.7 Å². The molecule has 0 aliphatic heterocycles. The van der Waals surface area contributed by atoms with E-state index in [1.54, 1.807) is 47.3 Å². The van der Waals surface area contributed by atoms with Crippen LogP contribution in [0.15, 0.2) is 45.9 Å². The van der Waals surface area contributed by atoms with Crippen LogP contribution in [0.1, 0.15) is 13.8 Å². The number of nitrogens with two attached hydrogens (primary N) is 2. The van der Waals surface area contributed by atoms with Gasteiger partial charge in [0, 0.05) is 50.5 Å². The van der Waals surface area contributed by atoms with E-state index in [0.717, 1.165) is 6.54 Å². The van der Waals surface area contributed by atoms with E-state index in [1.807, 2.05) is 27.1 Å². The molecular formula is C23H33Br2N13O. The lowest BCUT2D eigenvalue weighted by Gasteiger charge is -2.20. The molecule has 0 spiro atoms. The Morgan fingerprint density at radius 3 is 1.69 bits per heavy atom. The number of halogens is 2. The van der Waals surface area contributed by atoms with Crippen molar-refractivity contribution in [3.8, 4) is 11.9 Å². The van der Waals surface area contributed by atoms with Gasteiger partial charge >= 0.3 is 0 Å². The van der Waals surface area contributed by atoms with Crippen molar-refractivity contribution < 1.29 is 4.74 Å². The highest BCUT2D eigenvalue weighted by Crippen LogP contribution is 2.27. The lowest BCUT2D eigenvalue weighted by atomic mass is 10.3. The molecule has 6 N–H and O–H groups in total. The van der Waals surface area contributed by atoms with E-state index in [0.29, 0.717) is 50.7 Å². The normalized spacial score (nSPS) is 12.5. The van der Waals surface area contributed by atoms with Crippen molar-refractivity contribution in [3.05, 3.63) is 45.9 Å². The van der Waals surface area contributed by atoms with E-state index in [2.05, 4.69) is 84.5 Å². The maximum absolute atomic E-state index is 5.92. The zero-order valence-electron chi connectivity index (χ0n) is 22.4. The van der Waals surface area contributed by atoms with E-state index < -0.39 is 0 Å². The molecule has 4 aromatic rings. The van der Waals surface area contributed by atoms with Crippen molar-refractivity contribution in [2.75, 3.05) is 56.5 Å².